The van der Waals surface area contributed by atoms with E-state index in [9.17, 15) is 0 Å². The number of pyridine rings is 1. The highest BCUT2D eigenvalue weighted by atomic mass is 35.5. The molecule has 0 atom stereocenters. The van der Waals surface area contributed by atoms with Crippen molar-refractivity contribution in [3.63, 3.8) is 0 Å². The number of anilines is 1. The number of hydrogen-bond donors (Lipinski definition) is 2. The molecule has 6 nitrogen and oxygen atoms in total. The van der Waals surface area contributed by atoms with Gasteiger partial charge in [-0.25, -0.2) is 4.98 Å². The molecule has 2 aromatic rings. The van der Waals surface area contributed by atoms with E-state index in [-0.39, 0.29) is 18.5 Å². The molecule has 0 radical (unpaired) electrons. The van der Waals surface area contributed by atoms with Gasteiger partial charge in [-0.05, 0) is 49.3 Å². The summed E-state index contributed by atoms with van der Waals surface area (Å²) >= 11 is 6.74. The first-order valence-corrected chi connectivity index (χ1v) is 10.2. The quantitative estimate of drug-likeness (QED) is 0.773. The topological polar surface area (TPSA) is 74.7 Å². The maximum Gasteiger partial charge on any atom is 0.213 e. The summed E-state index contributed by atoms with van der Waals surface area (Å²) in [4.78, 5) is 7.83. The molecule has 0 aromatic carbocycles. The Kier molecular flexibility index (Phi) is 5.92. The molecule has 0 unspecified atom stereocenters. The van der Waals surface area contributed by atoms with E-state index in [0.29, 0.717) is 18.3 Å². The third-order valence-electron chi connectivity index (χ3n) is 5.73. The van der Waals surface area contributed by atoms with Crippen LogP contribution in [-0.4, -0.2) is 22.6 Å². The summed E-state index contributed by atoms with van der Waals surface area (Å²) in [5.41, 5.74) is 3.51. The zero-order valence-corrected chi connectivity index (χ0v) is 17.5. The number of ether oxygens (including phenoxy) is 1. The number of fused-ring (bicyclic) bond motifs is 3. The summed E-state index contributed by atoms with van der Waals surface area (Å²) in [6.07, 6.45) is 9.91. The average molecular weight is 432 g/mol. The highest BCUT2D eigenvalue weighted by Crippen LogP contribution is 2.37. The third kappa shape index (κ3) is 3.91. The molecule has 0 bridgehead atoms. The van der Waals surface area contributed by atoms with E-state index in [0.717, 1.165) is 53.6 Å². The molecule has 5 rings (SSSR count). The number of halogens is 2. The zero-order valence-electron chi connectivity index (χ0n) is 15.9. The van der Waals surface area contributed by atoms with Gasteiger partial charge in [0.05, 0.1) is 29.1 Å². The average Bonchev–Trinajstić information content (AvgIpc) is 3.00. The van der Waals surface area contributed by atoms with Crippen LogP contribution < -0.4 is 20.8 Å². The van der Waals surface area contributed by atoms with Crippen LogP contribution in [0.1, 0.15) is 31.2 Å². The first-order valence-electron chi connectivity index (χ1n) is 9.79. The van der Waals surface area contributed by atoms with E-state index in [2.05, 4.69) is 31.6 Å². The minimum absolute atomic E-state index is 0. The van der Waals surface area contributed by atoms with Crippen molar-refractivity contribution in [3.05, 3.63) is 51.8 Å². The van der Waals surface area contributed by atoms with Gasteiger partial charge in [0.1, 0.15) is 6.10 Å². The van der Waals surface area contributed by atoms with Gasteiger partial charge in [0.25, 0.3) is 0 Å². The van der Waals surface area contributed by atoms with Crippen LogP contribution in [0.25, 0.3) is 11.8 Å². The van der Waals surface area contributed by atoms with Crippen LogP contribution >= 0.6 is 24.0 Å². The number of allylic oxidation sites excluding steroid dienone is 1. The summed E-state index contributed by atoms with van der Waals surface area (Å²) in [5.74, 6) is 1.11. The number of hydrogen-bond acceptors (Lipinski definition) is 5. The van der Waals surface area contributed by atoms with Gasteiger partial charge in [0.2, 0.25) is 5.88 Å². The van der Waals surface area contributed by atoms with Gasteiger partial charge in [0, 0.05) is 29.4 Å². The molecular formula is C21H23Cl2N5O. The lowest BCUT2D eigenvalue weighted by Crippen LogP contribution is -2.27. The highest BCUT2D eigenvalue weighted by Gasteiger charge is 2.29. The number of nitrogens with one attached hydrogen (secondary N) is 2. The van der Waals surface area contributed by atoms with Crippen LogP contribution in [0.5, 0.6) is 5.88 Å². The zero-order chi connectivity index (χ0) is 18.9. The standard InChI is InChI=1S/C21H22ClN5O.ClH/c22-16-8-10-24-20-15-11-25-26-12-17(15)27-21(20)19(16)13-4-6-14(7-5-13)28-18-3-1-2-9-23-18;/h1-3,8-9,12-14,24,27H,4-7,10-11H2;1H/t13-,14-;. The minimum Gasteiger partial charge on any atom is -0.474 e. The van der Waals surface area contributed by atoms with Crippen LogP contribution in [0, 0.1) is 5.92 Å². The van der Waals surface area contributed by atoms with Crippen LogP contribution in [0.15, 0.2) is 45.7 Å². The fraction of sp³-hybridized carbons (Fsp3) is 0.381. The van der Waals surface area contributed by atoms with Crippen LogP contribution in [0.2, 0.25) is 0 Å². The second-order valence-electron chi connectivity index (χ2n) is 7.42. The Morgan fingerprint density at radius 3 is 2.79 bits per heavy atom. The van der Waals surface area contributed by atoms with E-state index >= 15 is 0 Å². The first kappa shape index (κ1) is 20.0. The van der Waals surface area contributed by atoms with E-state index in [4.69, 9.17) is 16.3 Å². The summed E-state index contributed by atoms with van der Waals surface area (Å²) in [5, 5.41) is 14.7. The van der Waals surface area contributed by atoms with Gasteiger partial charge in [-0.15, -0.1) is 12.4 Å². The molecule has 1 fully saturated rings. The maximum atomic E-state index is 6.74. The van der Waals surface area contributed by atoms with Gasteiger partial charge in [-0.2, -0.15) is 10.2 Å². The normalized spacial score (nSPS) is 22.8. The molecule has 0 spiro atoms. The number of H-pyrrole nitrogens is 1. The molecule has 0 saturated heterocycles. The second kappa shape index (κ2) is 8.59. The Balaban J connectivity index is 0.00000205. The van der Waals surface area contributed by atoms with Crippen molar-refractivity contribution in [1.29, 1.82) is 0 Å². The Morgan fingerprint density at radius 1 is 1.14 bits per heavy atom. The lowest BCUT2D eigenvalue weighted by Gasteiger charge is -2.30. The van der Waals surface area contributed by atoms with Crippen molar-refractivity contribution in [2.75, 3.05) is 11.9 Å². The molecule has 152 valence electrons. The number of nitrogens with zero attached hydrogens (tertiary/aromatic N) is 3. The third-order valence-corrected chi connectivity index (χ3v) is 6.09. The summed E-state index contributed by atoms with van der Waals surface area (Å²) in [7, 11) is 0. The Labute approximate surface area is 180 Å². The molecule has 2 aromatic heterocycles. The van der Waals surface area contributed by atoms with Gasteiger partial charge < -0.3 is 15.0 Å². The monoisotopic (exact) mass is 431 g/mol. The maximum absolute atomic E-state index is 6.74. The van der Waals surface area contributed by atoms with Crippen LogP contribution in [0.3, 0.4) is 0 Å². The molecule has 3 aliphatic rings. The lowest BCUT2D eigenvalue weighted by molar-refractivity contribution is 0.137. The van der Waals surface area contributed by atoms with E-state index in [1.165, 1.54) is 11.1 Å². The van der Waals surface area contributed by atoms with Crippen molar-refractivity contribution < 1.29 is 4.74 Å². The Morgan fingerprint density at radius 2 is 2.00 bits per heavy atom. The molecule has 2 aliphatic heterocycles. The number of aromatic nitrogens is 2. The van der Waals surface area contributed by atoms with Crippen LogP contribution in [-0.2, 0) is 6.54 Å². The first-order chi connectivity index (χ1) is 13.8. The number of rotatable bonds is 3. The molecular weight excluding hydrogens is 409 g/mol. The fourth-order valence-electron chi connectivity index (χ4n) is 4.37. The smallest absolute Gasteiger partial charge is 0.213 e. The van der Waals surface area contributed by atoms with E-state index in [1.54, 1.807) is 12.4 Å². The molecule has 0 amide bonds. The number of aromatic amines is 1. The second-order valence-corrected chi connectivity index (χ2v) is 7.82. The minimum atomic E-state index is 0. The molecule has 1 aliphatic carbocycles. The predicted molar refractivity (Wildman–Crippen MR) is 117 cm³/mol. The molecule has 2 N–H and O–H groups in total. The number of azo groups is 1. The molecule has 1 saturated carbocycles. The SMILES string of the molecule is Cl.ClC1=CCNc2c3c([nH]c2=C1[C@H]1CC[C@H](Oc2ccccn2)CC1)=CN=NC3. The molecule has 29 heavy (non-hydrogen) atoms. The van der Waals surface area contributed by atoms with Gasteiger partial charge in [-0.1, -0.05) is 17.7 Å². The van der Waals surface area contributed by atoms with E-state index in [1.807, 2.05) is 18.2 Å². The Bertz CT molecular complexity index is 1050. The predicted octanol–water partition coefficient (Wildman–Crippen LogP) is 3.87. The summed E-state index contributed by atoms with van der Waals surface area (Å²) in [6.45, 7) is 1.31. The highest BCUT2D eigenvalue weighted by molar-refractivity contribution is 6.36. The van der Waals surface area contributed by atoms with Gasteiger partial charge in [-0.3, -0.25) is 0 Å². The van der Waals surface area contributed by atoms with Gasteiger partial charge in [0.15, 0.2) is 0 Å². The van der Waals surface area contributed by atoms with Crippen molar-refractivity contribution in [2.45, 2.75) is 38.3 Å². The Hall–Kier alpha value is -2.31. The molecule has 4 heterocycles. The largest absolute Gasteiger partial charge is 0.474 e. The van der Waals surface area contributed by atoms with E-state index < -0.39 is 0 Å². The van der Waals surface area contributed by atoms with Gasteiger partial charge >= 0.3 is 0 Å². The summed E-state index contributed by atoms with van der Waals surface area (Å²) < 4.78 is 6.06. The van der Waals surface area contributed by atoms with Crippen molar-refractivity contribution in [1.82, 2.24) is 9.97 Å². The summed E-state index contributed by atoms with van der Waals surface area (Å²) in [6, 6.07) is 5.77. The lowest BCUT2D eigenvalue weighted by atomic mass is 9.82. The fourth-order valence-corrected chi connectivity index (χ4v) is 4.69. The van der Waals surface area contributed by atoms with Crippen molar-refractivity contribution in [3.8, 4) is 5.88 Å². The molecule has 8 heteroatoms. The van der Waals surface area contributed by atoms with Crippen LogP contribution in [0.4, 0.5) is 5.69 Å². The van der Waals surface area contributed by atoms with Crippen molar-refractivity contribution in [2.24, 2.45) is 16.1 Å². The van der Waals surface area contributed by atoms with Crippen molar-refractivity contribution >= 4 is 41.5 Å².